The summed E-state index contributed by atoms with van der Waals surface area (Å²) in [4.78, 5) is 20.6. The van der Waals surface area contributed by atoms with Gasteiger partial charge in [0, 0.05) is 6.54 Å². The van der Waals surface area contributed by atoms with Gasteiger partial charge in [-0.25, -0.2) is 0 Å². The van der Waals surface area contributed by atoms with Crippen LogP contribution in [0.3, 0.4) is 0 Å². The van der Waals surface area contributed by atoms with E-state index < -0.39 is 11.4 Å². The fourth-order valence-electron chi connectivity index (χ4n) is 1.18. The van der Waals surface area contributed by atoms with Gasteiger partial charge in [-0.1, -0.05) is 0 Å². The third kappa shape index (κ3) is 1.31. The number of hydrogen-bond donors (Lipinski definition) is 1. The molecule has 1 saturated heterocycles. The van der Waals surface area contributed by atoms with Crippen LogP contribution in [0.1, 0.15) is 13.3 Å². The molecule has 0 bridgehead atoms. The van der Waals surface area contributed by atoms with E-state index in [2.05, 4.69) is 5.29 Å². The average Bonchev–Trinajstić information content (AvgIpc) is 2.33. The molecule has 11 heavy (non-hydrogen) atoms. The Kier molecular flexibility index (Phi) is 1.80. The smallest absolute Gasteiger partial charge is 0.311 e. The lowest BCUT2D eigenvalue weighted by Gasteiger charge is -2.15. The zero-order chi connectivity index (χ0) is 8.48. The summed E-state index contributed by atoms with van der Waals surface area (Å²) in [6.45, 7) is 2.30. The number of carboxylic acids is 1. The Hall–Kier alpha value is -1.13. The Morgan fingerprint density at radius 2 is 2.36 bits per heavy atom. The molecule has 62 valence electrons. The molecule has 0 aromatic carbocycles. The molecule has 1 atom stereocenters. The number of hydrogen-bond acceptors (Lipinski definition) is 3. The Morgan fingerprint density at radius 1 is 1.73 bits per heavy atom. The molecule has 1 unspecified atom stereocenters. The molecular formula is C6H10N2O3. The van der Waals surface area contributed by atoms with Gasteiger partial charge in [0.05, 0.1) is 17.2 Å². The molecule has 1 N–H and O–H groups in total. The molecule has 0 saturated carbocycles. The summed E-state index contributed by atoms with van der Waals surface area (Å²) >= 11 is 0. The van der Waals surface area contributed by atoms with Crippen LogP contribution in [0.5, 0.6) is 0 Å². The molecule has 0 spiro atoms. The van der Waals surface area contributed by atoms with Crippen LogP contribution in [-0.2, 0) is 4.79 Å². The maximum atomic E-state index is 10.6. The fraction of sp³-hybridized carbons (Fsp3) is 0.833. The van der Waals surface area contributed by atoms with Gasteiger partial charge in [0.15, 0.2) is 0 Å². The molecule has 5 nitrogen and oxygen atoms in total. The fourth-order valence-corrected chi connectivity index (χ4v) is 1.18. The predicted octanol–water partition coefficient (Wildman–Crippen LogP) is 0.464. The summed E-state index contributed by atoms with van der Waals surface area (Å²) in [7, 11) is 0. The van der Waals surface area contributed by atoms with Crippen molar-refractivity contribution in [2.75, 3.05) is 13.1 Å². The summed E-state index contributed by atoms with van der Waals surface area (Å²) in [6.07, 6.45) is 0.494. The van der Waals surface area contributed by atoms with Crippen molar-refractivity contribution in [2.45, 2.75) is 13.3 Å². The molecule has 1 fully saturated rings. The SMILES string of the molecule is CC1(C(=O)O)CCN(N=O)C1. The zero-order valence-corrected chi connectivity index (χ0v) is 6.28. The summed E-state index contributed by atoms with van der Waals surface area (Å²) in [5, 5.41) is 12.6. The highest BCUT2D eigenvalue weighted by atomic mass is 16.4. The van der Waals surface area contributed by atoms with Gasteiger partial charge >= 0.3 is 5.97 Å². The van der Waals surface area contributed by atoms with Gasteiger partial charge in [-0.3, -0.25) is 9.80 Å². The normalized spacial score (nSPS) is 30.5. The lowest BCUT2D eigenvalue weighted by Crippen LogP contribution is -2.29. The van der Waals surface area contributed by atoms with Crippen molar-refractivity contribution in [2.24, 2.45) is 10.7 Å². The van der Waals surface area contributed by atoms with Crippen molar-refractivity contribution >= 4 is 5.97 Å². The van der Waals surface area contributed by atoms with E-state index in [9.17, 15) is 9.70 Å². The highest BCUT2D eigenvalue weighted by molar-refractivity contribution is 5.74. The standard InChI is InChI=1S/C6H10N2O3/c1-6(5(9)10)2-3-8(4-6)7-11/h2-4H2,1H3,(H,9,10). The first kappa shape index (κ1) is 7.97. The van der Waals surface area contributed by atoms with E-state index in [4.69, 9.17) is 5.11 Å². The number of nitroso groups, excluding NO2 is 1. The Morgan fingerprint density at radius 3 is 2.64 bits per heavy atom. The average molecular weight is 158 g/mol. The second-order valence-corrected chi connectivity index (χ2v) is 3.09. The molecule has 0 aromatic rings. The van der Waals surface area contributed by atoms with Gasteiger partial charge in [-0.2, -0.15) is 0 Å². The number of aliphatic carboxylic acids is 1. The van der Waals surface area contributed by atoms with E-state index >= 15 is 0 Å². The summed E-state index contributed by atoms with van der Waals surface area (Å²) in [6, 6.07) is 0. The van der Waals surface area contributed by atoms with Gasteiger partial charge in [0.1, 0.15) is 0 Å². The highest BCUT2D eigenvalue weighted by Gasteiger charge is 2.40. The van der Waals surface area contributed by atoms with E-state index in [1.807, 2.05) is 0 Å². The first-order valence-corrected chi connectivity index (χ1v) is 3.40. The van der Waals surface area contributed by atoms with Crippen LogP contribution >= 0.6 is 0 Å². The van der Waals surface area contributed by atoms with Crippen LogP contribution < -0.4 is 0 Å². The molecular weight excluding hydrogens is 148 g/mol. The van der Waals surface area contributed by atoms with Crippen LogP contribution in [0.4, 0.5) is 0 Å². The molecule has 1 aliphatic heterocycles. The van der Waals surface area contributed by atoms with Gasteiger partial charge in [-0.05, 0) is 13.3 Å². The van der Waals surface area contributed by atoms with Crippen molar-refractivity contribution in [3.63, 3.8) is 0 Å². The Balaban J connectivity index is 2.64. The van der Waals surface area contributed by atoms with Crippen LogP contribution in [0.15, 0.2) is 5.29 Å². The van der Waals surface area contributed by atoms with Gasteiger partial charge in [-0.15, -0.1) is 4.91 Å². The van der Waals surface area contributed by atoms with Crippen molar-refractivity contribution in [3.05, 3.63) is 4.91 Å². The van der Waals surface area contributed by atoms with Crippen molar-refractivity contribution < 1.29 is 9.90 Å². The minimum atomic E-state index is -0.858. The second kappa shape index (κ2) is 2.48. The maximum absolute atomic E-state index is 10.6. The molecule has 0 aliphatic carbocycles. The number of carbonyl (C=O) groups is 1. The molecule has 0 aromatic heterocycles. The summed E-state index contributed by atoms with van der Waals surface area (Å²) in [5.74, 6) is -0.858. The molecule has 1 rings (SSSR count). The minimum Gasteiger partial charge on any atom is -0.481 e. The van der Waals surface area contributed by atoms with Crippen LogP contribution in [0.25, 0.3) is 0 Å². The number of rotatable bonds is 2. The minimum absolute atomic E-state index is 0.228. The molecule has 5 heteroatoms. The lowest BCUT2D eigenvalue weighted by molar-refractivity contribution is -0.147. The molecule has 1 heterocycles. The first-order chi connectivity index (χ1) is 5.08. The van der Waals surface area contributed by atoms with Crippen LogP contribution in [0, 0.1) is 10.3 Å². The van der Waals surface area contributed by atoms with E-state index in [1.54, 1.807) is 6.92 Å². The van der Waals surface area contributed by atoms with Crippen LogP contribution in [-0.4, -0.2) is 29.2 Å². The lowest BCUT2D eigenvalue weighted by atomic mass is 9.90. The summed E-state index contributed by atoms with van der Waals surface area (Å²) in [5.41, 5.74) is -0.784. The largest absolute Gasteiger partial charge is 0.481 e. The first-order valence-electron chi connectivity index (χ1n) is 3.40. The summed E-state index contributed by atoms with van der Waals surface area (Å²) < 4.78 is 0. The molecule has 1 aliphatic rings. The van der Waals surface area contributed by atoms with Crippen molar-refractivity contribution in [1.29, 1.82) is 0 Å². The van der Waals surface area contributed by atoms with E-state index in [-0.39, 0.29) is 6.54 Å². The van der Waals surface area contributed by atoms with E-state index in [1.165, 1.54) is 5.01 Å². The number of nitrogens with zero attached hydrogens (tertiary/aromatic N) is 2. The van der Waals surface area contributed by atoms with Crippen LogP contribution in [0.2, 0.25) is 0 Å². The quantitative estimate of drug-likeness (QED) is 0.593. The van der Waals surface area contributed by atoms with E-state index in [0.717, 1.165) is 0 Å². The Labute approximate surface area is 63.9 Å². The number of carboxylic acid groups (broad SMARTS) is 1. The molecule has 0 radical (unpaired) electrons. The maximum Gasteiger partial charge on any atom is 0.311 e. The second-order valence-electron chi connectivity index (χ2n) is 3.09. The van der Waals surface area contributed by atoms with Crippen molar-refractivity contribution in [3.8, 4) is 0 Å². The zero-order valence-electron chi connectivity index (χ0n) is 6.28. The third-order valence-corrected chi connectivity index (χ3v) is 2.08. The van der Waals surface area contributed by atoms with E-state index in [0.29, 0.717) is 13.0 Å². The topological polar surface area (TPSA) is 70.0 Å². The molecule has 0 amide bonds. The van der Waals surface area contributed by atoms with Gasteiger partial charge in [0.2, 0.25) is 0 Å². The van der Waals surface area contributed by atoms with Gasteiger partial charge < -0.3 is 5.11 Å². The monoisotopic (exact) mass is 158 g/mol. The van der Waals surface area contributed by atoms with Gasteiger partial charge in [0.25, 0.3) is 0 Å². The highest BCUT2D eigenvalue weighted by Crippen LogP contribution is 2.29. The van der Waals surface area contributed by atoms with Crippen molar-refractivity contribution in [1.82, 2.24) is 5.01 Å². The predicted molar refractivity (Wildman–Crippen MR) is 37.7 cm³/mol. The Bertz CT molecular complexity index is 194. The third-order valence-electron chi connectivity index (χ3n) is 2.08.